The van der Waals surface area contributed by atoms with Crippen molar-refractivity contribution in [2.45, 2.75) is 31.8 Å². The first kappa shape index (κ1) is 15.5. The average molecular weight is 307 g/mol. The molecule has 3 heterocycles. The van der Waals surface area contributed by atoms with Crippen molar-refractivity contribution in [3.05, 3.63) is 18.2 Å². The van der Waals surface area contributed by atoms with Gasteiger partial charge in [-0.25, -0.2) is 4.98 Å². The molecule has 0 saturated carbocycles. The number of aliphatic hydroxyl groups is 1. The van der Waals surface area contributed by atoms with Gasteiger partial charge in [0, 0.05) is 19.4 Å². The van der Waals surface area contributed by atoms with Gasteiger partial charge >= 0.3 is 5.97 Å². The Kier molecular flexibility index (Phi) is 4.78. The number of nitrogens with zero attached hydrogens (tertiary/aromatic N) is 3. The highest BCUT2D eigenvalue weighted by atomic mass is 16.5. The molecule has 122 valence electrons. The quantitative estimate of drug-likeness (QED) is 0.826. The van der Waals surface area contributed by atoms with E-state index in [0.29, 0.717) is 6.61 Å². The molecule has 3 rings (SSSR count). The zero-order valence-electron chi connectivity index (χ0n) is 13.1. The van der Waals surface area contributed by atoms with Crippen LogP contribution in [-0.4, -0.2) is 51.8 Å². The Labute approximate surface area is 131 Å². The number of aryl methyl sites for hydroxylation is 1. The second-order valence-corrected chi connectivity index (χ2v) is 6.46. The van der Waals surface area contributed by atoms with Crippen molar-refractivity contribution < 1.29 is 14.6 Å². The van der Waals surface area contributed by atoms with Crippen LogP contribution in [0.4, 0.5) is 0 Å². The highest BCUT2D eigenvalue weighted by molar-refractivity contribution is 5.74. The molecule has 1 aromatic heterocycles. The van der Waals surface area contributed by atoms with Gasteiger partial charge in [-0.3, -0.25) is 4.79 Å². The van der Waals surface area contributed by atoms with Crippen LogP contribution >= 0.6 is 0 Å². The lowest BCUT2D eigenvalue weighted by molar-refractivity contribution is -0.141. The van der Waals surface area contributed by atoms with E-state index in [9.17, 15) is 9.90 Å². The van der Waals surface area contributed by atoms with Gasteiger partial charge in [-0.05, 0) is 51.2 Å². The van der Waals surface area contributed by atoms with Gasteiger partial charge in [-0.1, -0.05) is 0 Å². The van der Waals surface area contributed by atoms with Crippen LogP contribution in [0.2, 0.25) is 0 Å². The van der Waals surface area contributed by atoms with Crippen molar-refractivity contribution >= 4 is 5.97 Å². The summed E-state index contributed by atoms with van der Waals surface area (Å²) in [4.78, 5) is 18.1. The molecule has 2 aliphatic rings. The topological polar surface area (TPSA) is 67.6 Å². The molecule has 0 radical (unpaired) electrons. The van der Waals surface area contributed by atoms with Crippen LogP contribution in [0.1, 0.15) is 37.6 Å². The summed E-state index contributed by atoms with van der Waals surface area (Å²) in [5.41, 5.74) is 0. The number of rotatable bonds is 5. The van der Waals surface area contributed by atoms with E-state index in [1.54, 1.807) is 6.20 Å². The lowest BCUT2D eigenvalue weighted by Crippen LogP contribution is -2.37. The van der Waals surface area contributed by atoms with Crippen molar-refractivity contribution in [3.8, 4) is 0 Å². The third-order valence-corrected chi connectivity index (χ3v) is 5.04. The Hall–Kier alpha value is -1.40. The molecule has 2 fully saturated rings. The van der Waals surface area contributed by atoms with Gasteiger partial charge in [0.15, 0.2) is 0 Å². The van der Waals surface area contributed by atoms with E-state index < -0.39 is 6.10 Å². The molecule has 0 bridgehead atoms. The highest BCUT2D eigenvalue weighted by Gasteiger charge is 2.30. The standard InChI is InChI=1S/C16H25N3O3/c1-18-10-6-17-15(18)14(20)12-2-7-19(8-3-12)9-4-13-5-11-22-16(13)21/h6,10,12-14,20H,2-5,7-9,11H2,1H3. The van der Waals surface area contributed by atoms with Gasteiger partial charge in [0.25, 0.3) is 0 Å². The molecular formula is C16H25N3O3. The van der Waals surface area contributed by atoms with Gasteiger partial charge in [-0.2, -0.15) is 0 Å². The van der Waals surface area contributed by atoms with Crippen LogP contribution in [0, 0.1) is 11.8 Å². The van der Waals surface area contributed by atoms with Gasteiger partial charge in [0.05, 0.1) is 12.5 Å². The first-order chi connectivity index (χ1) is 10.6. The Morgan fingerprint density at radius 3 is 2.77 bits per heavy atom. The molecule has 22 heavy (non-hydrogen) atoms. The monoisotopic (exact) mass is 307 g/mol. The summed E-state index contributed by atoms with van der Waals surface area (Å²) in [5, 5.41) is 10.5. The van der Waals surface area contributed by atoms with Crippen LogP contribution in [0.25, 0.3) is 0 Å². The molecule has 2 aliphatic heterocycles. The van der Waals surface area contributed by atoms with Crippen molar-refractivity contribution in [2.24, 2.45) is 18.9 Å². The number of carbonyl (C=O) groups excluding carboxylic acids is 1. The summed E-state index contributed by atoms with van der Waals surface area (Å²) in [6.45, 7) is 3.49. The van der Waals surface area contributed by atoms with E-state index in [4.69, 9.17) is 4.74 Å². The van der Waals surface area contributed by atoms with Gasteiger partial charge in [-0.15, -0.1) is 0 Å². The number of esters is 1. The fraction of sp³-hybridized carbons (Fsp3) is 0.750. The predicted molar refractivity (Wildman–Crippen MR) is 81.0 cm³/mol. The Morgan fingerprint density at radius 2 is 2.18 bits per heavy atom. The highest BCUT2D eigenvalue weighted by Crippen LogP contribution is 2.30. The number of ether oxygens (including phenoxy) is 1. The zero-order chi connectivity index (χ0) is 15.5. The summed E-state index contributed by atoms with van der Waals surface area (Å²) in [6.07, 6.45) is 6.83. The molecule has 0 aliphatic carbocycles. The smallest absolute Gasteiger partial charge is 0.309 e. The number of likely N-dealkylation sites (tertiary alicyclic amines) is 1. The minimum atomic E-state index is -0.480. The molecule has 6 heteroatoms. The van der Waals surface area contributed by atoms with E-state index in [-0.39, 0.29) is 17.8 Å². The third kappa shape index (κ3) is 3.33. The number of carbonyl (C=O) groups is 1. The van der Waals surface area contributed by atoms with Crippen molar-refractivity contribution in [2.75, 3.05) is 26.2 Å². The maximum absolute atomic E-state index is 11.5. The normalized spacial score (nSPS) is 25.4. The minimum absolute atomic E-state index is 0.0277. The number of hydrogen-bond acceptors (Lipinski definition) is 5. The minimum Gasteiger partial charge on any atom is -0.465 e. The SMILES string of the molecule is Cn1ccnc1C(O)C1CCN(CCC2CCOC2=O)CC1. The first-order valence-electron chi connectivity index (χ1n) is 8.19. The van der Waals surface area contributed by atoms with Crippen LogP contribution in [-0.2, 0) is 16.6 Å². The lowest BCUT2D eigenvalue weighted by atomic mass is 9.90. The summed E-state index contributed by atoms with van der Waals surface area (Å²) >= 11 is 0. The molecule has 2 atom stereocenters. The van der Waals surface area contributed by atoms with E-state index >= 15 is 0 Å². The second-order valence-electron chi connectivity index (χ2n) is 6.46. The third-order valence-electron chi connectivity index (χ3n) is 5.04. The molecule has 0 aromatic carbocycles. The molecule has 1 aromatic rings. The largest absolute Gasteiger partial charge is 0.465 e. The Bertz CT molecular complexity index is 508. The summed E-state index contributed by atoms with van der Waals surface area (Å²) in [5.74, 6) is 1.09. The van der Waals surface area contributed by atoms with Gasteiger partial charge in [0.1, 0.15) is 11.9 Å². The van der Waals surface area contributed by atoms with E-state index in [2.05, 4.69) is 9.88 Å². The number of piperidine rings is 1. The molecule has 1 N–H and O–H groups in total. The zero-order valence-corrected chi connectivity index (χ0v) is 13.1. The Morgan fingerprint density at radius 1 is 1.41 bits per heavy atom. The van der Waals surface area contributed by atoms with E-state index in [1.165, 1.54) is 0 Å². The second kappa shape index (κ2) is 6.79. The average Bonchev–Trinajstić information content (AvgIpc) is 3.13. The maximum Gasteiger partial charge on any atom is 0.309 e. The van der Waals surface area contributed by atoms with Crippen molar-refractivity contribution in [1.29, 1.82) is 0 Å². The summed E-state index contributed by atoms with van der Waals surface area (Å²) in [6, 6.07) is 0. The fourth-order valence-electron chi connectivity index (χ4n) is 3.50. The molecule has 0 amide bonds. The Balaban J connectivity index is 1.44. The number of aliphatic hydroxyl groups excluding tert-OH is 1. The van der Waals surface area contributed by atoms with Crippen molar-refractivity contribution in [3.63, 3.8) is 0 Å². The van der Waals surface area contributed by atoms with Crippen LogP contribution in [0.15, 0.2) is 12.4 Å². The lowest BCUT2D eigenvalue weighted by Gasteiger charge is -2.34. The molecule has 6 nitrogen and oxygen atoms in total. The van der Waals surface area contributed by atoms with Gasteiger partial charge < -0.3 is 19.3 Å². The molecule has 0 spiro atoms. The number of cyclic esters (lactones) is 1. The molecular weight excluding hydrogens is 282 g/mol. The van der Waals surface area contributed by atoms with Gasteiger partial charge in [0.2, 0.25) is 0 Å². The van der Waals surface area contributed by atoms with Crippen LogP contribution in [0.5, 0.6) is 0 Å². The molecule has 2 saturated heterocycles. The number of hydrogen-bond donors (Lipinski definition) is 1. The van der Waals surface area contributed by atoms with Crippen LogP contribution < -0.4 is 0 Å². The first-order valence-corrected chi connectivity index (χ1v) is 8.19. The summed E-state index contributed by atoms with van der Waals surface area (Å²) < 4.78 is 6.90. The summed E-state index contributed by atoms with van der Waals surface area (Å²) in [7, 11) is 1.92. The number of aromatic nitrogens is 2. The van der Waals surface area contributed by atoms with Crippen molar-refractivity contribution in [1.82, 2.24) is 14.5 Å². The predicted octanol–water partition coefficient (Wildman–Crippen LogP) is 1.12. The number of imidazole rings is 1. The van der Waals surface area contributed by atoms with E-state index in [1.807, 2.05) is 17.8 Å². The fourth-order valence-corrected chi connectivity index (χ4v) is 3.50. The van der Waals surface area contributed by atoms with E-state index in [0.717, 1.165) is 51.1 Å². The van der Waals surface area contributed by atoms with Crippen LogP contribution in [0.3, 0.4) is 0 Å². The molecule has 2 unspecified atom stereocenters. The maximum atomic E-state index is 11.5.